The average molecular weight is 528 g/mol. The number of hydrogen-bond donors (Lipinski definition) is 2. The van der Waals surface area contributed by atoms with Crippen LogP contribution in [0, 0.1) is 0 Å². The van der Waals surface area contributed by atoms with Gasteiger partial charge < -0.3 is 15.4 Å². The van der Waals surface area contributed by atoms with Gasteiger partial charge in [-0.15, -0.1) is 0 Å². The number of halogens is 2. The zero-order chi connectivity index (χ0) is 25.9. The number of anilines is 1. The normalized spacial score (nSPS) is 11.0. The van der Waals surface area contributed by atoms with Crippen molar-refractivity contribution in [3.63, 3.8) is 0 Å². The van der Waals surface area contributed by atoms with Gasteiger partial charge in [0, 0.05) is 35.4 Å². The molecule has 0 amide bonds. The van der Waals surface area contributed by atoms with Gasteiger partial charge in [0.1, 0.15) is 5.82 Å². The van der Waals surface area contributed by atoms with E-state index in [0.29, 0.717) is 23.0 Å². The fourth-order valence-electron chi connectivity index (χ4n) is 4.22. The first-order valence-corrected chi connectivity index (χ1v) is 12.4. The van der Waals surface area contributed by atoms with E-state index in [0.717, 1.165) is 45.0 Å². The Morgan fingerprint density at radius 3 is 2.27 bits per heavy atom. The molecule has 184 valence electrons. The highest BCUT2D eigenvalue weighted by molar-refractivity contribution is 6.36. The minimum atomic E-state index is -0.948. The summed E-state index contributed by atoms with van der Waals surface area (Å²) in [4.78, 5) is 16.2. The lowest BCUT2D eigenvalue weighted by molar-refractivity contribution is 0.0697. The van der Waals surface area contributed by atoms with Crippen LogP contribution in [-0.4, -0.2) is 20.6 Å². The van der Waals surface area contributed by atoms with Crippen LogP contribution in [-0.2, 0) is 13.0 Å². The summed E-state index contributed by atoms with van der Waals surface area (Å²) in [7, 11) is 0. The number of hydrogen-bond acceptors (Lipinski definition) is 3. The first-order chi connectivity index (χ1) is 17.9. The molecule has 0 aliphatic carbocycles. The Labute approximate surface area is 224 Å². The summed E-state index contributed by atoms with van der Waals surface area (Å²) in [5.41, 5.74) is 12.7. The van der Waals surface area contributed by atoms with Crippen molar-refractivity contribution in [3.8, 4) is 22.4 Å². The van der Waals surface area contributed by atoms with Crippen molar-refractivity contribution in [3.05, 3.63) is 130 Å². The molecular weight excluding hydrogens is 505 g/mol. The Kier molecular flexibility index (Phi) is 6.99. The van der Waals surface area contributed by atoms with E-state index in [1.54, 1.807) is 24.3 Å². The SMILES string of the molecule is Nc1cccc(-c2ccc(Cc3nc(-c4ccc(Cl)cc4Cl)cn3Cc3ccc(C(=O)O)cc3)cc2)c1. The number of carbonyl (C=O) groups is 1. The van der Waals surface area contributed by atoms with E-state index in [9.17, 15) is 9.90 Å². The Bertz CT molecular complexity index is 1580. The second-order valence-electron chi connectivity index (χ2n) is 8.80. The fraction of sp³-hybridized carbons (Fsp3) is 0.0667. The first kappa shape index (κ1) is 24.6. The number of aromatic nitrogens is 2. The maximum absolute atomic E-state index is 11.2. The highest BCUT2D eigenvalue weighted by atomic mass is 35.5. The molecule has 4 aromatic carbocycles. The molecular formula is C30H23Cl2N3O2. The number of benzene rings is 4. The minimum Gasteiger partial charge on any atom is -0.478 e. The fourth-order valence-corrected chi connectivity index (χ4v) is 4.73. The molecule has 0 aliphatic heterocycles. The Balaban J connectivity index is 1.47. The van der Waals surface area contributed by atoms with Crippen LogP contribution in [0.3, 0.4) is 0 Å². The van der Waals surface area contributed by atoms with E-state index in [-0.39, 0.29) is 5.56 Å². The third-order valence-electron chi connectivity index (χ3n) is 6.16. The van der Waals surface area contributed by atoms with Gasteiger partial charge >= 0.3 is 5.97 Å². The molecule has 0 saturated heterocycles. The summed E-state index contributed by atoms with van der Waals surface area (Å²) >= 11 is 12.6. The lowest BCUT2D eigenvalue weighted by atomic mass is 10.0. The van der Waals surface area contributed by atoms with E-state index in [4.69, 9.17) is 33.9 Å². The molecule has 5 aromatic rings. The van der Waals surface area contributed by atoms with Crippen LogP contribution in [0.1, 0.15) is 27.3 Å². The Morgan fingerprint density at radius 1 is 0.865 bits per heavy atom. The van der Waals surface area contributed by atoms with Crippen molar-refractivity contribution in [1.29, 1.82) is 0 Å². The Morgan fingerprint density at radius 2 is 1.59 bits per heavy atom. The summed E-state index contributed by atoms with van der Waals surface area (Å²) in [5.74, 6) is -0.0868. The number of nitrogens with two attached hydrogens (primary N) is 1. The van der Waals surface area contributed by atoms with Gasteiger partial charge in [-0.3, -0.25) is 0 Å². The van der Waals surface area contributed by atoms with E-state index in [1.165, 1.54) is 0 Å². The minimum absolute atomic E-state index is 0.253. The van der Waals surface area contributed by atoms with Gasteiger partial charge in [-0.2, -0.15) is 0 Å². The van der Waals surface area contributed by atoms with E-state index in [1.807, 2.05) is 48.7 Å². The molecule has 0 fully saturated rings. The molecule has 1 heterocycles. The van der Waals surface area contributed by atoms with Gasteiger partial charge in [0.25, 0.3) is 0 Å². The molecule has 0 bridgehead atoms. The van der Waals surface area contributed by atoms with Crippen LogP contribution in [0.25, 0.3) is 22.4 Å². The second kappa shape index (κ2) is 10.5. The van der Waals surface area contributed by atoms with Crippen molar-refractivity contribution >= 4 is 34.9 Å². The molecule has 0 spiro atoms. The van der Waals surface area contributed by atoms with Crippen LogP contribution in [0.15, 0.2) is 97.2 Å². The van der Waals surface area contributed by atoms with E-state index >= 15 is 0 Å². The zero-order valence-corrected chi connectivity index (χ0v) is 21.2. The predicted molar refractivity (Wildman–Crippen MR) is 149 cm³/mol. The monoisotopic (exact) mass is 527 g/mol. The van der Waals surface area contributed by atoms with E-state index < -0.39 is 5.97 Å². The molecule has 7 heteroatoms. The van der Waals surface area contributed by atoms with Gasteiger partial charge in [0.05, 0.1) is 16.3 Å². The lowest BCUT2D eigenvalue weighted by Crippen LogP contribution is -2.05. The highest BCUT2D eigenvalue weighted by Crippen LogP contribution is 2.31. The second-order valence-corrected chi connectivity index (χ2v) is 9.64. The number of carboxylic acids is 1. The quantitative estimate of drug-likeness (QED) is 0.215. The summed E-state index contributed by atoms with van der Waals surface area (Å²) in [6.07, 6.45) is 2.58. The molecule has 0 unspecified atom stereocenters. The van der Waals surface area contributed by atoms with E-state index in [2.05, 4.69) is 28.8 Å². The molecule has 0 radical (unpaired) electrons. The number of imidazole rings is 1. The molecule has 0 atom stereocenters. The summed E-state index contributed by atoms with van der Waals surface area (Å²) in [5, 5.41) is 10.3. The van der Waals surface area contributed by atoms with Crippen LogP contribution < -0.4 is 5.73 Å². The largest absolute Gasteiger partial charge is 0.478 e. The van der Waals surface area contributed by atoms with Gasteiger partial charge in [0.15, 0.2) is 0 Å². The van der Waals surface area contributed by atoms with Gasteiger partial charge in [-0.05, 0) is 64.7 Å². The van der Waals surface area contributed by atoms with Crippen molar-refractivity contribution in [2.45, 2.75) is 13.0 Å². The number of carboxylic acid groups (broad SMARTS) is 1. The van der Waals surface area contributed by atoms with Crippen LogP contribution in [0.5, 0.6) is 0 Å². The summed E-state index contributed by atoms with van der Waals surface area (Å²) in [6, 6.07) is 28.4. The zero-order valence-electron chi connectivity index (χ0n) is 19.7. The van der Waals surface area contributed by atoms with Gasteiger partial charge in [0.2, 0.25) is 0 Å². The topological polar surface area (TPSA) is 81.1 Å². The maximum atomic E-state index is 11.2. The summed E-state index contributed by atoms with van der Waals surface area (Å²) in [6.45, 7) is 0.537. The Hall–Kier alpha value is -4.06. The average Bonchev–Trinajstić information content (AvgIpc) is 3.26. The third-order valence-corrected chi connectivity index (χ3v) is 6.70. The number of nitrogen functional groups attached to an aromatic ring is 1. The molecule has 3 N–H and O–H groups in total. The highest BCUT2D eigenvalue weighted by Gasteiger charge is 2.14. The standard InChI is InChI=1S/C30H23Cl2N3O2/c31-24-12-13-26(27(32)16-24)28-18-35(17-20-6-10-22(11-7-20)30(36)37)29(34-28)14-19-4-8-21(9-5-19)23-2-1-3-25(33)15-23/h1-13,15-16,18H,14,17,33H2,(H,36,37). The van der Waals surface area contributed by atoms with Crippen molar-refractivity contribution in [2.24, 2.45) is 0 Å². The number of nitrogens with zero attached hydrogens (tertiary/aromatic N) is 2. The van der Waals surface area contributed by atoms with Gasteiger partial charge in [-0.25, -0.2) is 9.78 Å². The maximum Gasteiger partial charge on any atom is 0.335 e. The van der Waals surface area contributed by atoms with Crippen LogP contribution in [0.2, 0.25) is 10.0 Å². The van der Waals surface area contributed by atoms with Crippen LogP contribution >= 0.6 is 23.2 Å². The number of aromatic carboxylic acids is 1. The first-order valence-electron chi connectivity index (χ1n) is 11.6. The lowest BCUT2D eigenvalue weighted by Gasteiger charge is -2.09. The van der Waals surface area contributed by atoms with Crippen molar-refractivity contribution in [1.82, 2.24) is 9.55 Å². The van der Waals surface area contributed by atoms with Crippen molar-refractivity contribution < 1.29 is 9.90 Å². The predicted octanol–water partition coefficient (Wildman–Crippen LogP) is 7.44. The number of rotatable bonds is 7. The molecule has 0 saturated carbocycles. The van der Waals surface area contributed by atoms with Gasteiger partial charge in [-0.1, -0.05) is 71.7 Å². The molecule has 0 aliphatic rings. The molecule has 37 heavy (non-hydrogen) atoms. The molecule has 5 nitrogen and oxygen atoms in total. The smallest absolute Gasteiger partial charge is 0.335 e. The summed E-state index contributed by atoms with van der Waals surface area (Å²) < 4.78 is 2.07. The van der Waals surface area contributed by atoms with Crippen LogP contribution in [0.4, 0.5) is 5.69 Å². The molecule has 5 rings (SSSR count). The molecule has 1 aromatic heterocycles. The third kappa shape index (κ3) is 5.69. The van der Waals surface area contributed by atoms with Crippen molar-refractivity contribution in [2.75, 3.05) is 5.73 Å².